The first-order chi connectivity index (χ1) is 13.2. The van der Waals surface area contributed by atoms with Gasteiger partial charge >= 0.3 is 0 Å². The van der Waals surface area contributed by atoms with E-state index in [4.69, 9.17) is 25.6 Å². The number of quaternary nitrogens is 1. The summed E-state index contributed by atoms with van der Waals surface area (Å²) in [6, 6.07) is 11.6. The highest BCUT2D eigenvalue weighted by molar-refractivity contribution is 6.30. The third-order valence-corrected chi connectivity index (χ3v) is 5.12. The largest absolute Gasteiger partial charge is 0.493 e. The van der Waals surface area contributed by atoms with Crippen molar-refractivity contribution in [2.45, 2.75) is 19.5 Å². The zero-order valence-corrected chi connectivity index (χ0v) is 16.0. The Morgan fingerprint density at radius 1 is 1.07 bits per heavy atom. The van der Waals surface area contributed by atoms with Gasteiger partial charge in [0.25, 0.3) is 5.89 Å². The van der Waals surface area contributed by atoms with Crippen molar-refractivity contribution in [1.82, 2.24) is 10.1 Å². The lowest BCUT2D eigenvalue weighted by atomic mass is 9.99. The second-order valence-corrected chi connectivity index (χ2v) is 7.03. The number of hydrogen-bond acceptors (Lipinski definition) is 5. The Kier molecular flexibility index (Phi) is 5.01. The average Bonchev–Trinajstić information content (AvgIpc) is 3.15. The quantitative estimate of drug-likeness (QED) is 0.730. The molecule has 27 heavy (non-hydrogen) atoms. The molecule has 1 aliphatic rings. The molecular weight excluding hydrogens is 366 g/mol. The van der Waals surface area contributed by atoms with Crippen molar-refractivity contribution in [2.75, 3.05) is 20.8 Å². The van der Waals surface area contributed by atoms with E-state index in [1.54, 1.807) is 14.2 Å². The van der Waals surface area contributed by atoms with Gasteiger partial charge in [0.2, 0.25) is 5.82 Å². The number of halogens is 1. The number of aromatic nitrogens is 2. The molecule has 1 unspecified atom stereocenters. The van der Waals surface area contributed by atoms with Gasteiger partial charge in [-0.3, -0.25) is 0 Å². The highest BCUT2D eigenvalue weighted by Crippen LogP contribution is 2.31. The molecule has 1 atom stereocenters. The maximum Gasteiger partial charge on any atom is 0.282 e. The van der Waals surface area contributed by atoms with Crippen LogP contribution in [0.15, 0.2) is 40.9 Å². The zero-order chi connectivity index (χ0) is 18.8. The van der Waals surface area contributed by atoms with Crippen LogP contribution in [0, 0.1) is 0 Å². The summed E-state index contributed by atoms with van der Waals surface area (Å²) in [5.41, 5.74) is 3.47. The van der Waals surface area contributed by atoms with Crippen LogP contribution >= 0.6 is 11.6 Å². The molecule has 1 aromatic heterocycles. The second-order valence-electron chi connectivity index (χ2n) is 6.60. The first-order valence-corrected chi connectivity index (χ1v) is 9.20. The van der Waals surface area contributed by atoms with Gasteiger partial charge in [0, 0.05) is 22.6 Å². The fourth-order valence-corrected chi connectivity index (χ4v) is 3.56. The van der Waals surface area contributed by atoms with Gasteiger partial charge in [-0.05, 0) is 42.0 Å². The molecule has 4 rings (SSSR count). The van der Waals surface area contributed by atoms with Crippen molar-refractivity contribution in [3.05, 3.63) is 58.4 Å². The average molecular weight is 387 g/mol. The Morgan fingerprint density at radius 2 is 1.78 bits per heavy atom. The van der Waals surface area contributed by atoms with Crippen LogP contribution in [-0.4, -0.2) is 30.9 Å². The summed E-state index contributed by atoms with van der Waals surface area (Å²) in [6.07, 6.45) is 0.975. The van der Waals surface area contributed by atoms with Crippen LogP contribution in [0.3, 0.4) is 0 Å². The Labute approximate surface area is 162 Å². The Hall–Kier alpha value is -2.57. The normalized spacial score (nSPS) is 16.0. The highest BCUT2D eigenvalue weighted by Gasteiger charge is 2.24. The van der Waals surface area contributed by atoms with Crippen LogP contribution in [0.1, 0.15) is 17.0 Å². The molecule has 2 heterocycles. The summed E-state index contributed by atoms with van der Waals surface area (Å²) >= 11 is 5.93. The maximum absolute atomic E-state index is 5.93. The molecule has 2 aromatic carbocycles. The summed E-state index contributed by atoms with van der Waals surface area (Å²) in [5, 5.41) is 4.78. The van der Waals surface area contributed by atoms with E-state index in [0.717, 1.165) is 36.6 Å². The number of nitrogens with one attached hydrogen (secondary N) is 1. The molecule has 140 valence electrons. The number of fused-ring (bicyclic) bond motifs is 1. The third-order valence-electron chi connectivity index (χ3n) is 4.87. The number of rotatable bonds is 5. The molecule has 0 saturated heterocycles. The second kappa shape index (κ2) is 7.58. The number of ether oxygens (including phenoxy) is 2. The predicted molar refractivity (Wildman–Crippen MR) is 101 cm³/mol. The van der Waals surface area contributed by atoms with Gasteiger partial charge < -0.3 is 18.9 Å². The molecule has 3 aromatic rings. The molecule has 0 spiro atoms. The van der Waals surface area contributed by atoms with Gasteiger partial charge in [0.05, 0.1) is 20.8 Å². The van der Waals surface area contributed by atoms with Gasteiger partial charge in [-0.1, -0.05) is 16.8 Å². The van der Waals surface area contributed by atoms with Crippen molar-refractivity contribution < 1.29 is 18.9 Å². The molecule has 1 aliphatic heterocycles. The Morgan fingerprint density at radius 3 is 2.48 bits per heavy atom. The molecule has 0 fully saturated rings. The lowest BCUT2D eigenvalue weighted by Gasteiger charge is -2.25. The van der Waals surface area contributed by atoms with Crippen molar-refractivity contribution in [3.8, 4) is 22.9 Å². The first-order valence-electron chi connectivity index (χ1n) is 8.82. The lowest BCUT2D eigenvalue weighted by molar-refractivity contribution is -0.930. The first kappa shape index (κ1) is 17.8. The highest BCUT2D eigenvalue weighted by atomic mass is 35.5. The number of hydrogen-bond donors (Lipinski definition) is 1. The smallest absolute Gasteiger partial charge is 0.282 e. The molecule has 0 radical (unpaired) electrons. The van der Waals surface area contributed by atoms with Crippen molar-refractivity contribution >= 4 is 11.6 Å². The van der Waals surface area contributed by atoms with E-state index in [0.29, 0.717) is 23.3 Å². The van der Waals surface area contributed by atoms with Crippen LogP contribution in [0.25, 0.3) is 11.4 Å². The molecule has 6 nitrogen and oxygen atoms in total. The van der Waals surface area contributed by atoms with E-state index < -0.39 is 0 Å². The summed E-state index contributed by atoms with van der Waals surface area (Å²) in [4.78, 5) is 5.91. The molecule has 0 saturated carbocycles. The molecule has 0 amide bonds. The van der Waals surface area contributed by atoms with E-state index in [1.165, 1.54) is 16.0 Å². The molecule has 0 bridgehead atoms. The van der Waals surface area contributed by atoms with Gasteiger partial charge in [0.15, 0.2) is 18.0 Å². The number of methoxy groups -OCH3 is 2. The van der Waals surface area contributed by atoms with E-state index in [-0.39, 0.29) is 0 Å². The third kappa shape index (κ3) is 3.77. The summed E-state index contributed by atoms with van der Waals surface area (Å²) in [6.45, 7) is 2.57. The summed E-state index contributed by atoms with van der Waals surface area (Å²) in [7, 11) is 3.33. The summed E-state index contributed by atoms with van der Waals surface area (Å²) in [5.74, 6) is 2.77. The van der Waals surface area contributed by atoms with E-state index in [2.05, 4.69) is 22.3 Å². The molecule has 1 N–H and O–H groups in total. The minimum absolute atomic E-state index is 0.588. The van der Waals surface area contributed by atoms with Crippen molar-refractivity contribution in [1.29, 1.82) is 0 Å². The van der Waals surface area contributed by atoms with E-state index >= 15 is 0 Å². The summed E-state index contributed by atoms with van der Waals surface area (Å²) < 4.78 is 16.3. The fourth-order valence-electron chi connectivity index (χ4n) is 3.44. The maximum atomic E-state index is 5.93. The number of nitrogens with zero attached hydrogens (tertiary/aromatic N) is 2. The van der Waals surface area contributed by atoms with Crippen LogP contribution < -0.4 is 14.4 Å². The van der Waals surface area contributed by atoms with Gasteiger partial charge in [-0.25, -0.2) is 0 Å². The van der Waals surface area contributed by atoms with Crippen LogP contribution in [-0.2, 0) is 19.5 Å². The number of benzene rings is 2. The Bertz CT molecular complexity index is 940. The minimum atomic E-state index is 0.588. The van der Waals surface area contributed by atoms with Gasteiger partial charge in [-0.15, -0.1) is 0 Å². The molecule has 0 aliphatic carbocycles. The van der Waals surface area contributed by atoms with Crippen molar-refractivity contribution in [3.63, 3.8) is 0 Å². The van der Waals surface area contributed by atoms with Crippen molar-refractivity contribution in [2.24, 2.45) is 0 Å². The minimum Gasteiger partial charge on any atom is -0.493 e. The fraction of sp³-hybridized carbons (Fsp3) is 0.300. The Balaban J connectivity index is 1.48. The van der Waals surface area contributed by atoms with Crippen LogP contribution in [0.4, 0.5) is 0 Å². The van der Waals surface area contributed by atoms with E-state index in [1.807, 2.05) is 24.3 Å². The molecule has 7 heteroatoms. The molecular formula is C20H21ClN3O3+. The SMILES string of the molecule is COc1cc2c(cc1OC)C[NH+](Cc1nc(-c3ccc(Cl)cc3)no1)CC2. The standard InChI is InChI=1S/C20H20ClN3O3/c1-25-17-9-14-7-8-24(11-15(14)10-18(17)26-2)12-19-22-20(23-27-19)13-3-5-16(21)6-4-13/h3-6,9-10H,7-8,11-12H2,1-2H3/p+1. The van der Waals surface area contributed by atoms with Gasteiger partial charge in [-0.2, -0.15) is 4.98 Å². The van der Waals surface area contributed by atoms with Gasteiger partial charge in [0.1, 0.15) is 6.54 Å². The van der Waals surface area contributed by atoms with Crippen LogP contribution in [0.2, 0.25) is 5.02 Å². The van der Waals surface area contributed by atoms with Crippen LogP contribution in [0.5, 0.6) is 11.5 Å². The lowest BCUT2D eigenvalue weighted by Crippen LogP contribution is -3.10. The topological polar surface area (TPSA) is 61.8 Å². The zero-order valence-electron chi connectivity index (χ0n) is 15.3. The predicted octanol–water partition coefficient (Wildman–Crippen LogP) is 2.55. The monoisotopic (exact) mass is 386 g/mol. The van der Waals surface area contributed by atoms with E-state index in [9.17, 15) is 0 Å².